The molecule has 2 aromatic carbocycles. The Bertz CT molecular complexity index is 815. The highest BCUT2D eigenvalue weighted by Gasteiger charge is 2.04. The minimum absolute atomic E-state index is 0.114. The van der Waals surface area contributed by atoms with Crippen molar-refractivity contribution in [1.29, 1.82) is 0 Å². The summed E-state index contributed by atoms with van der Waals surface area (Å²) < 4.78 is 5.58. The molecular weight excluding hydrogens is 340 g/mol. The highest BCUT2D eigenvalue weighted by atomic mass is 16.5. The second kappa shape index (κ2) is 10.7. The molecule has 0 spiro atoms. The molecule has 0 aromatic heterocycles. The van der Waals surface area contributed by atoms with Gasteiger partial charge in [0.1, 0.15) is 5.75 Å². The fourth-order valence-corrected chi connectivity index (χ4v) is 2.25. The van der Waals surface area contributed by atoms with E-state index in [2.05, 4.69) is 29.4 Å². The van der Waals surface area contributed by atoms with Crippen molar-refractivity contribution in [2.45, 2.75) is 26.7 Å². The molecule has 0 fully saturated rings. The molecule has 2 amide bonds. The number of hydrogen-bond donors (Lipinski definition) is 2. The van der Waals surface area contributed by atoms with Crippen LogP contribution in [0.1, 0.15) is 42.6 Å². The van der Waals surface area contributed by atoms with Gasteiger partial charge in [-0.25, -0.2) is 0 Å². The average molecular weight is 364 g/mol. The number of carbonyl (C=O) groups excluding carboxylic acids is 2. The summed E-state index contributed by atoms with van der Waals surface area (Å²) in [6.07, 6.45) is 2.10. The normalized spacial score (nSPS) is 9.70. The van der Waals surface area contributed by atoms with E-state index >= 15 is 0 Å². The van der Waals surface area contributed by atoms with Crippen LogP contribution in [0.15, 0.2) is 48.5 Å². The summed E-state index contributed by atoms with van der Waals surface area (Å²) in [7, 11) is 0. The molecule has 0 atom stereocenters. The zero-order chi connectivity index (χ0) is 19.5. The third kappa shape index (κ3) is 7.25. The van der Waals surface area contributed by atoms with Crippen molar-refractivity contribution in [2.24, 2.45) is 0 Å². The van der Waals surface area contributed by atoms with Gasteiger partial charge in [-0.2, -0.15) is 0 Å². The minimum atomic E-state index is -0.176. The van der Waals surface area contributed by atoms with Gasteiger partial charge in [-0.3, -0.25) is 9.59 Å². The predicted octanol–water partition coefficient (Wildman–Crippen LogP) is 3.61. The van der Waals surface area contributed by atoms with Crippen LogP contribution in [0.3, 0.4) is 0 Å². The van der Waals surface area contributed by atoms with Gasteiger partial charge in [0.2, 0.25) is 5.91 Å². The summed E-state index contributed by atoms with van der Waals surface area (Å²) in [6.45, 7) is 4.51. The van der Waals surface area contributed by atoms with E-state index in [0.717, 1.165) is 29.8 Å². The van der Waals surface area contributed by atoms with Crippen LogP contribution in [0.4, 0.5) is 5.69 Å². The van der Waals surface area contributed by atoms with Crippen molar-refractivity contribution < 1.29 is 14.3 Å². The Balaban J connectivity index is 1.80. The fourth-order valence-electron chi connectivity index (χ4n) is 2.25. The Hall–Kier alpha value is -3.26. The van der Waals surface area contributed by atoms with E-state index in [1.54, 1.807) is 36.4 Å². The third-order valence-corrected chi connectivity index (χ3v) is 3.66. The van der Waals surface area contributed by atoms with Crippen molar-refractivity contribution in [2.75, 3.05) is 18.5 Å². The summed E-state index contributed by atoms with van der Waals surface area (Å²) in [6, 6.07) is 14.3. The van der Waals surface area contributed by atoms with Crippen molar-refractivity contribution in [3.63, 3.8) is 0 Å². The number of carbonyl (C=O) groups is 2. The molecule has 0 aliphatic carbocycles. The number of anilines is 1. The molecule has 0 heterocycles. The number of unbranched alkanes of at least 4 members (excludes halogenated alkanes) is 1. The van der Waals surface area contributed by atoms with Crippen molar-refractivity contribution >= 4 is 17.5 Å². The van der Waals surface area contributed by atoms with Crippen LogP contribution in [0.25, 0.3) is 0 Å². The molecule has 2 N–H and O–H groups in total. The summed E-state index contributed by atoms with van der Waals surface area (Å²) in [4.78, 5) is 23.1. The van der Waals surface area contributed by atoms with Crippen molar-refractivity contribution in [3.8, 4) is 17.6 Å². The Kier molecular flexibility index (Phi) is 7.92. The van der Waals surface area contributed by atoms with E-state index in [0.29, 0.717) is 12.2 Å². The van der Waals surface area contributed by atoms with Gasteiger partial charge in [-0.05, 0) is 55.0 Å². The van der Waals surface area contributed by atoms with Crippen molar-refractivity contribution in [3.05, 3.63) is 59.7 Å². The molecule has 0 saturated carbocycles. The number of ether oxygens (including phenoxy) is 1. The molecule has 140 valence electrons. The quantitative estimate of drug-likeness (QED) is 0.583. The molecular formula is C22H24N2O3. The highest BCUT2D eigenvalue weighted by molar-refractivity contribution is 5.94. The summed E-state index contributed by atoms with van der Waals surface area (Å²) >= 11 is 0. The number of nitrogens with one attached hydrogen (secondary N) is 2. The lowest BCUT2D eigenvalue weighted by atomic mass is 10.2. The van der Waals surface area contributed by atoms with Gasteiger partial charge >= 0.3 is 0 Å². The maximum absolute atomic E-state index is 12.1. The van der Waals surface area contributed by atoms with Gasteiger partial charge in [0, 0.05) is 23.7 Å². The predicted molar refractivity (Wildman–Crippen MR) is 107 cm³/mol. The van der Waals surface area contributed by atoms with Crippen molar-refractivity contribution in [1.82, 2.24) is 5.32 Å². The molecule has 0 aliphatic rings. The Labute approximate surface area is 160 Å². The van der Waals surface area contributed by atoms with Crippen LogP contribution >= 0.6 is 0 Å². The first-order valence-corrected chi connectivity index (χ1v) is 8.96. The maximum atomic E-state index is 12.1. The van der Waals surface area contributed by atoms with E-state index in [1.807, 2.05) is 12.1 Å². The Morgan fingerprint density at radius 2 is 1.74 bits per heavy atom. The van der Waals surface area contributed by atoms with Gasteiger partial charge in [0.25, 0.3) is 5.91 Å². The largest absolute Gasteiger partial charge is 0.494 e. The second-order valence-electron chi connectivity index (χ2n) is 5.97. The van der Waals surface area contributed by atoms with E-state index in [4.69, 9.17) is 4.74 Å². The molecule has 5 nitrogen and oxygen atoms in total. The minimum Gasteiger partial charge on any atom is -0.494 e. The Morgan fingerprint density at radius 3 is 2.37 bits per heavy atom. The molecule has 2 rings (SSSR count). The van der Waals surface area contributed by atoms with Crippen LogP contribution in [0.2, 0.25) is 0 Å². The summed E-state index contributed by atoms with van der Waals surface area (Å²) in [5, 5.41) is 5.47. The maximum Gasteiger partial charge on any atom is 0.252 e. The molecule has 2 aromatic rings. The molecule has 0 saturated heterocycles. The lowest BCUT2D eigenvalue weighted by molar-refractivity contribution is -0.114. The SMILES string of the molecule is CCCCOc1ccc(C(=O)NCC#Cc2ccc(NC(C)=O)cc2)cc1. The lowest BCUT2D eigenvalue weighted by Crippen LogP contribution is -2.23. The standard InChI is InChI=1S/C22H24N2O3/c1-3-4-16-27-21-13-9-19(10-14-21)22(26)23-15-5-6-18-7-11-20(12-8-18)24-17(2)25/h7-14H,3-4,15-16H2,1-2H3,(H,23,26)(H,24,25). The highest BCUT2D eigenvalue weighted by Crippen LogP contribution is 2.12. The number of benzene rings is 2. The average Bonchev–Trinajstić information content (AvgIpc) is 2.66. The monoisotopic (exact) mass is 364 g/mol. The Morgan fingerprint density at radius 1 is 1.04 bits per heavy atom. The molecule has 0 unspecified atom stereocenters. The molecule has 0 aliphatic heterocycles. The first kappa shape index (κ1) is 20.1. The molecule has 0 bridgehead atoms. The van der Waals surface area contributed by atoms with Gasteiger partial charge in [0.15, 0.2) is 0 Å². The topological polar surface area (TPSA) is 67.4 Å². The van der Waals surface area contributed by atoms with E-state index < -0.39 is 0 Å². The number of amides is 2. The van der Waals surface area contributed by atoms with Crippen LogP contribution < -0.4 is 15.4 Å². The number of hydrogen-bond acceptors (Lipinski definition) is 3. The third-order valence-electron chi connectivity index (χ3n) is 3.66. The van der Waals surface area contributed by atoms with Crippen LogP contribution in [-0.2, 0) is 4.79 Å². The van der Waals surface area contributed by atoms with Gasteiger partial charge in [-0.15, -0.1) is 0 Å². The molecule has 27 heavy (non-hydrogen) atoms. The molecule has 5 heteroatoms. The first-order chi connectivity index (χ1) is 13.1. The second-order valence-corrected chi connectivity index (χ2v) is 5.97. The summed E-state index contributed by atoms with van der Waals surface area (Å²) in [5.41, 5.74) is 2.11. The van der Waals surface area contributed by atoms with Gasteiger partial charge in [-0.1, -0.05) is 25.2 Å². The molecule has 0 radical (unpaired) electrons. The fraction of sp³-hybridized carbons (Fsp3) is 0.273. The van der Waals surface area contributed by atoms with Gasteiger partial charge < -0.3 is 15.4 Å². The van der Waals surface area contributed by atoms with Gasteiger partial charge in [0.05, 0.1) is 13.2 Å². The van der Waals surface area contributed by atoms with Crippen LogP contribution in [0, 0.1) is 11.8 Å². The number of rotatable bonds is 7. The zero-order valence-corrected chi connectivity index (χ0v) is 15.7. The van der Waals surface area contributed by atoms with E-state index in [-0.39, 0.29) is 18.4 Å². The van der Waals surface area contributed by atoms with E-state index in [9.17, 15) is 9.59 Å². The summed E-state index contributed by atoms with van der Waals surface area (Å²) in [5.74, 6) is 6.36. The smallest absolute Gasteiger partial charge is 0.252 e. The van der Waals surface area contributed by atoms with Crippen LogP contribution in [0.5, 0.6) is 5.75 Å². The zero-order valence-electron chi connectivity index (χ0n) is 15.7. The lowest BCUT2D eigenvalue weighted by Gasteiger charge is -2.06. The first-order valence-electron chi connectivity index (χ1n) is 8.96. The van der Waals surface area contributed by atoms with E-state index in [1.165, 1.54) is 6.92 Å². The van der Waals surface area contributed by atoms with Crippen LogP contribution in [-0.4, -0.2) is 25.0 Å².